The quantitative estimate of drug-likeness (QED) is 0.175. The number of allylic oxidation sites excluding steroid dienone is 2. The molecule has 0 spiro atoms. The number of nitrogens with zero attached hydrogens (tertiary/aromatic N) is 1. The van der Waals surface area contributed by atoms with Gasteiger partial charge in [0.2, 0.25) is 0 Å². The molecule has 0 amide bonds. The van der Waals surface area contributed by atoms with E-state index in [1.54, 1.807) is 0 Å². The van der Waals surface area contributed by atoms with Gasteiger partial charge in [-0.3, -0.25) is 0 Å². The lowest BCUT2D eigenvalue weighted by molar-refractivity contribution is 0.996. The lowest BCUT2D eigenvalue weighted by Gasteiger charge is -2.09. The van der Waals surface area contributed by atoms with E-state index in [0.717, 1.165) is 12.8 Å². The van der Waals surface area contributed by atoms with E-state index in [2.05, 4.69) is 157 Å². The third kappa shape index (κ3) is 5.56. The molecule has 0 fully saturated rings. The molecule has 1 aliphatic rings. The molecule has 5 aromatic carbocycles. The SMILES string of the molecule is C/C=C\c1c(C)ccc2ccccc12.CC.Cn1c2ccccc2c2cc(-c3ccc4sc5c(c4c3)CCC(Br)=C5)ccc21. The molecule has 2 aromatic heterocycles. The van der Waals surface area contributed by atoms with Crippen LogP contribution < -0.4 is 0 Å². The molecule has 220 valence electrons. The van der Waals surface area contributed by atoms with Crippen LogP contribution in [0.2, 0.25) is 0 Å². The summed E-state index contributed by atoms with van der Waals surface area (Å²) in [5.74, 6) is 0. The molecular formula is C41H38BrNS. The van der Waals surface area contributed by atoms with Gasteiger partial charge in [0, 0.05) is 38.4 Å². The van der Waals surface area contributed by atoms with Crippen LogP contribution in [0, 0.1) is 6.92 Å². The molecule has 0 unspecified atom stereocenters. The van der Waals surface area contributed by atoms with Crippen molar-refractivity contribution < 1.29 is 0 Å². The number of aryl methyl sites for hydroxylation is 3. The number of para-hydroxylation sites is 1. The molecule has 1 aliphatic carbocycles. The summed E-state index contributed by atoms with van der Waals surface area (Å²) in [6.07, 6.45) is 8.79. The molecule has 0 atom stereocenters. The first kappa shape index (κ1) is 30.1. The molecule has 1 nitrogen and oxygen atoms in total. The normalized spacial score (nSPS) is 12.6. The van der Waals surface area contributed by atoms with Crippen LogP contribution in [0.3, 0.4) is 0 Å². The Bertz CT molecular complexity index is 2190. The second-order valence-electron chi connectivity index (χ2n) is 11.1. The van der Waals surface area contributed by atoms with E-state index in [9.17, 15) is 0 Å². The summed E-state index contributed by atoms with van der Waals surface area (Å²) >= 11 is 5.58. The molecule has 7 aromatic rings. The van der Waals surface area contributed by atoms with Crippen LogP contribution in [0.25, 0.3) is 65.9 Å². The van der Waals surface area contributed by atoms with Crippen molar-refractivity contribution in [3.8, 4) is 11.1 Å². The number of hydrogen-bond donors (Lipinski definition) is 0. The third-order valence-corrected chi connectivity index (χ3v) is 10.3. The van der Waals surface area contributed by atoms with Crippen LogP contribution >= 0.6 is 27.3 Å². The first-order valence-electron chi connectivity index (χ1n) is 15.5. The third-order valence-electron chi connectivity index (χ3n) is 8.49. The molecule has 44 heavy (non-hydrogen) atoms. The van der Waals surface area contributed by atoms with Crippen molar-refractivity contribution in [2.75, 3.05) is 0 Å². The number of hydrogen-bond acceptors (Lipinski definition) is 1. The zero-order valence-corrected chi connectivity index (χ0v) is 28.5. The Kier molecular flexibility index (Phi) is 8.88. The highest BCUT2D eigenvalue weighted by Crippen LogP contribution is 2.41. The van der Waals surface area contributed by atoms with Crippen LogP contribution in [0.15, 0.2) is 108 Å². The molecule has 3 heteroatoms. The van der Waals surface area contributed by atoms with Gasteiger partial charge in [-0.15, -0.1) is 11.3 Å². The number of halogens is 1. The monoisotopic (exact) mass is 655 g/mol. The zero-order chi connectivity index (χ0) is 30.8. The molecule has 0 saturated carbocycles. The van der Waals surface area contributed by atoms with Crippen LogP contribution in [0.4, 0.5) is 0 Å². The van der Waals surface area contributed by atoms with E-state index in [-0.39, 0.29) is 0 Å². The van der Waals surface area contributed by atoms with Crippen molar-refractivity contribution in [3.63, 3.8) is 0 Å². The fraction of sp³-hybridized carbons (Fsp3) is 0.171. The summed E-state index contributed by atoms with van der Waals surface area (Å²) < 4.78 is 4.99. The predicted octanol–water partition coefficient (Wildman–Crippen LogP) is 13.1. The summed E-state index contributed by atoms with van der Waals surface area (Å²) in [5.41, 5.74) is 9.35. The number of thiophene rings is 1. The highest BCUT2D eigenvalue weighted by Gasteiger charge is 2.16. The Balaban J connectivity index is 0.000000181. The number of fused-ring (bicyclic) bond motifs is 7. The van der Waals surface area contributed by atoms with Crippen molar-refractivity contribution in [2.45, 2.75) is 40.5 Å². The summed E-state index contributed by atoms with van der Waals surface area (Å²) in [6.45, 7) is 8.21. The minimum atomic E-state index is 1.10. The number of aromatic nitrogens is 1. The lowest BCUT2D eigenvalue weighted by Crippen LogP contribution is -1.92. The van der Waals surface area contributed by atoms with Gasteiger partial charge in [0.05, 0.1) is 0 Å². The van der Waals surface area contributed by atoms with Gasteiger partial charge in [-0.2, -0.15) is 0 Å². The molecule has 0 bridgehead atoms. The number of rotatable bonds is 2. The predicted molar refractivity (Wildman–Crippen MR) is 201 cm³/mol. The Morgan fingerprint density at radius 2 is 1.41 bits per heavy atom. The smallest absolute Gasteiger partial charge is 0.0489 e. The first-order valence-corrected chi connectivity index (χ1v) is 17.1. The van der Waals surface area contributed by atoms with E-state index >= 15 is 0 Å². The van der Waals surface area contributed by atoms with Crippen molar-refractivity contribution >= 4 is 82.1 Å². The zero-order valence-electron chi connectivity index (χ0n) is 26.1. The van der Waals surface area contributed by atoms with Crippen LogP contribution in [0.5, 0.6) is 0 Å². The Morgan fingerprint density at radius 1 is 0.727 bits per heavy atom. The van der Waals surface area contributed by atoms with Gasteiger partial charge < -0.3 is 4.57 Å². The average molecular weight is 657 g/mol. The van der Waals surface area contributed by atoms with Gasteiger partial charge in [-0.1, -0.05) is 109 Å². The minimum Gasteiger partial charge on any atom is -0.344 e. The second-order valence-corrected chi connectivity index (χ2v) is 13.2. The Hall–Kier alpha value is -3.92. The van der Waals surface area contributed by atoms with E-state index in [1.807, 2.05) is 25.2 Å². The molecule has 0 N–H and O–H groups in total. The lowest BCUT2D eigenvalue weighted by atomic mass is 9.97. The Morgan fingerprint density at radius 3 is 2.20 bits per heavy atom. The van der Waals surface area contributed by atoms with Gasteiger partial charge in [0.25, 0.3) is 0 Å². The fourth-order valence-corrected chi connectivity index (χ4v) is 8.10. The van der Waals surface area contributed by atoms with Crippen LogP contribution in [0.1, 0.15) is 48.8 Å². The molecule has 0 aliphatic heterocycles. The van der Waals surface area contributed by atoms with Crippen molar-refractivity contribution in [1.29, 1.82) is 0 Å². The van der Waals surface area contributed by atoms with Gasteiger partial charge >= 0.3 is 0 Å². The van der Waals surface area contributed by atoms with Gasteiger partial charge in [-0.05, 0) is 112 Å². The van der Waals surface area contributed by atoms with E-state index in [4.69, 9.17) is 0 Å². The summed E-state index contributed by atoms with van der Waals surface area (Å²) in [4.78, 5) is 1.41. The molecular weight excluding hydrogens is 618 g/mol. The maximum Gasteiger partial charge on any atom is 0.0489 e. The van der Waals surface area contributed by atoms with Crippen molar-refractivity contribution in [3.05, 3.63) is 129 Å². The fourth-order valence-electron chi connectivity index (χ4n) is 6.32. The van der Waals surface area contributed by atoms with Crippen LogP contribution in [-0.4, -0.2) is 4.57 Å². The van der Waals surface area contributed by atoms with Gasteiger partial charge in [-0.25, -0.2) is 0 Å². The van der Waals surface area contributed by atoms with E-state index in [0.29, 0.717) is 0 Å². The van der Waals surface area contributed by atoms with E-state index in [1.165, 1.54) is 79.8 Å². The maximum atomic E-state index is 3.68. The van der Waals surface area contributed by atoms with Crippen LogP contribution in [-0.2, 0) is 13.5 Å². The van der Waals surface area contributed by atoms with Gasteiger partial charge in [0.1, 0.15) is 0 Å². The molecule has 2 heterocycles. The standard InChI is InChI=1S/C25H18BrNS.C14H14.C2H6/c1-27-22-5-3-2-4-18(22)20-12-15(6-10-23(20)27)16-7-11-24-21(13-16)19-9-8-17(26)14-25(19)28-24;1-3-6-13-11(2)9-10-12-7-4-5-8-14(12)13;1-2/h2-7,10-14H,8-9H2,1H3;3-10H,1-2H3;1-2H3/b;6-3-;. The first-order chi connectivity index (χ1) is 21.5. The maximum absolute atomic E-state index is 3.68. The second kappa shape index (κ2) is 13.0. The molecule has 8 rings (SSSR count). The van der Waals surface area contributed by atoms with Gasteiger partial charge in [0.15, 0.2) is 0 Å². The highest BCUT2D eigenvalue weighted by molar-refractivity contribution is 9.11. The Labute approximate surface area is 273 Å². The summed E-state index contributed by atoms with van der Waals surface area (Å²) in [7, 11) is 2.15. The van der Waals surface area contributed by atoms with Crippen molar-refractivity contribution in [2.24, 2.45) is 7.05 Å². The average Bonchev–Trinajstić information content (AvgIpc) is 3.57. The minimum absolute atomic E-state index is 1.10. The molecule has 0 radical (unpaired) electrons. The van der Waals surface area contributed by atoms with E-state index < -0.39 is 0 Å². The summed E-state index contributed by atoms with van der Waals surface area (Å²) in [5, 5.41) is 6.73. The number of benzene rings is 5. The topological polar surface area (TPSA) is 4.93 Å². The molecule has 0 saturated heterocycles. The summed E-state index contributed by atoms with van der Waals surface area (Å²) in [6, 6.07) is 35.4. The van der Waals surface area contributed by atoms with Crippen molar-refractivity contribution in [1.82, 2.24) is 4.57 Å². The highest BCUT2D eigenvalue weighted by atomic mass is 79.9. The largest absolute Gasteiger partial charge is 0.344 e.